The topological polar surface area (TPSA) is 87.0 Å². The number of aliphatic hydroxyl groups excluding tert-OH is 3. The van der Waals surface area contributed by atoms with Gasteiger partial charge in [-0.15, -0.1) is 13.2 Å². The largest absolute Gasteiger partial charge is 0.462 e. The summed E-state index contributed by atoms with van der Waals surface area (Å²) in [6.45, 7) is 7.56. The summed E-state index contributed by atoms with van der Waals surface area (Å²) in [5.74, 6) is -0.420. The summed E-state index contributed by atoms with van der Waals surface area (Å²) in [6.07, 6.45) is 6.41. The normalized spacial score (nSPS) is 12.3. The third-order valence-electron chi connectivity index (χ3n) is 3.42. The van der Waals surface area contributed by atoms with Gasteiger partial charge >= 0.3 is 5.97 Å². The van der Waals surface area contributed by atoms with Gasteiger partial charge < -0.3 is 20.1 Å². The molecule has 0 amide bonds. The highest BCUT2D eigenvalue weighted by atomic mass is 16.5. The van der Waals surface area contributed by atoms with Crippen LogP contribution in [0.1, 0.15) is 19.8 Å². The molecule has 0 saturated carbocycles. The van der Waals surface area contributed by atoms with Crippen molar-refractivity contribution in [3.8, 4) is 0 Å². The summed E-state index contributed by atoms with van der Waals surface area (Å²) in [5.41, 5.74) is -0.360. The Morgan fingerprint density at radius 3 is 2.00 bits per heavy atom. The fourth-order valence-corrected chi connectivity index (χ4v) is 1.73. The van der Waals surface area contributed by atoms with Crippen molar-refractivity contribution >= 4 is 5.97 Å². The van der Waals surface area contributed by atoms with Crippen molar-refractivity contribution in [3.63, 3.8) is 0 Å². The van der Waals surface area contributed by atoms with E-state index in [1.807, 2.05) is 6.92 Å². The SMILES string of the molecule is C=CCC(CC=C)C(C)=CC(=O)OCC(CO)(CO)CO. The maximum absolute atomic E-state index is 11.8. The molecule has 0 aliphatic rings. The molecule has 0 unspecified atom stereocenters. The fourth-order valence-electron chi connectivity index (χ4n) is 1.73. The van der Waals surface area contributed by atoms with E-state index < -0.39 is 31.2 Å². The fraction of sp³-hybridized carbons (Fsp3) is 0.562. The lowest BCUT2D eigenvalue weighted by atomic mass is 9.92. The van der Waals surface area contributed by atoms with E-state index in [0.29, 0.717) is 0 Å². The van der Waals surface area contributed by atoms with Crippen LogP contribution in [0.15, 0.2) is 37.0 Å². The second-order valence-corrected chi connectivity index (χ2v) is 5.22. The van der Waals surface area contributed by atoms with Gasteiger partial charge in [-0.2, -0.15) is 0 Å². The van der Waals surface area contributed by atoms with Crippen LogP contribution in [0.3, 0.4) is 0 Å². The molecule has 5 heteroatoms. The third-order valence-corrected chi connectivity index (χ3v) is 3.42. The predicted octanol–water partition coefficient (Wildman–Crippen LogP) is 1.21. The van der Waals surface area contributed by atoms with Gasteiger partial charge in [-0.1, -0.05) is 17.7 Å². The predicted molar refractivity (Wildman–Crippen MR) is 81.5 cm³/mol. The van der Waals surface area contributed by atoms with E-state index in [1.165, 1.54) is 6.08 Å². The number of ether oxygens (including phenoxy) is 1. The molecule has 0 atom stereocenters. The van der Waals surface area contributed by atoms with Crippen LogP contribution in [0.2, 0.25) is 0 Å². The zero-order valence-corrected chi connectivity index (χ0v) is 12.6. The first-order valence-corrected chi connectivity index (χ1v) is 6.88. The number of allylic oxidation sites excluding steroid dienone is 3. The summed E-state index contributed by atoms with van der Waals surface area (Å²) >= 11 is 0. The maximum atomic E-state index is 11.8. The Hall–Kier alpha value is -1.43. The van der Waals surface area contributed by atoms with Crippen molar-refractivity contribution in [2.75, 3.05) is 26.4 Å². The minimum Gasteiger partial charge on any atom is -0.462 e. The highest BCUT2D eigenvalue weighted by Gasteiger charge is 2.29. The lowest BCUT2D eigenvalue weighted by molar-refractivity contribution is -0.145. The lowest BCUT2D eigenvalue weighted by Gasteiger charge is -2.26. The zero-order valence-electron chi connectivity index (χ0n) is 12.6. The molecule has 0 aromatic rings. The molecule has 5 nitrogen and oxygen atoms in total. The van der Waals surface area contributed by atoms with Gasteiger partial charge in [0.05, 0.1) is 25.2 Å². The van der Waals surface area contributed by atoms with Crippen LogP contribution in [0.4, 0.5) is 0 Å². The van der Waals surface area contributed by atoms with Crippen molar-refractivity contribution in [3.05, 3.63) is 37.0 Å². The third kappa shape index (κ3) is 6.71. The van der Waals surface area contributed by atoms with E-state index in [1.54, 1.807) is 12.2 Å². The molecule has 0 aliphatic carbocycles. The molecule has 0 spiro atoms. The molecule has 0 fully saturated rings. The molecule has 0 aromatic carbocycles. The van der Waals surface area contributed by atoms with Crippen molar-refractivity contribution in [2.45, 2.75) is 19.8 Å². The molecule has 120 valence electrons. The van der Waals surface area contributed by atoms with Gasteiger partial charge in [-0.05, 0) is 25.7 Å². The Kier molecular flexibility index (Phi) is 9.62. The van der Waals surface area contributed by atoms with Crippen LogP contribution in [-0.4, -0.2) is 47.7 Å². The minimum atomic E-state index is -1.21. The van der Waals surface area contributed by atoms with Crippen molar-refractivity contribution in [1.29, 1.82) is 0 Å². The smallest absolute Gasteiger partial charge is 0.330 e. The first kappa shape index (κ1) is 19.6. The number of hydrogen-bond donors (Lipinski definition) is 3. The number of hydrogen-bond acceptors (Lipinski definition) is 5. The summed E-state index contributed by atoms with van der Waals surface area (Å²) in [5, 5.41) is 27.5. The van der Waals surface area contributed by atoms with Crippen LogP contribution < -0.4 is 0 Å². The van der Waals surface area contributed by atoms with Gasteiger partial charge in [0.15, 0.2) is 0 Å². The molecule has 0 rings (SSSR count). The highest BCUT2D eigenvalue weighted by Crippen LogP contribution is 2.20. The molecular weight excluding hydrogens is 272 g/mol. The Labute approximate surface area is 126 Å². The first-order valence-electron chi connectivity index (χ1n) is 6.88. The van der Waals surface area contributed by atoms with Crippen LogP contribution in [-0.2, 0) is 9.53 Å². The number of aliphatic hydroxyl groups is 3. The molecule has 0 radical (unpaired) electrons. The van der Waals surface area contributed by atoms with Gasteiger partial charge in [0, 0.05) is 6.08 Å². The van der Waals surface area contributed by atoms with Crippen molar-refractivity contribution in [2.24, 2.45) is 11.3 Å². The Morgan fingerprint density at radius 2 is 1.62 bits per heavy atom. The number of carbonyl (C=O) groups is 1. The molecule has 0 aliphatic heterocycles. The van der Waals surface area contributed by atoms with Crippen LogP contribution >= 0.6 is 0 Å². The number of rotatable bonds is 11. The van der Waals surface area contributed by atoms with E-state index in [-0.39, 0.29) is 12.5 Å². The molecule has 0 heterocycles. The highest BCUT2D eigenvalue weighted by molar-refractivity contribution is 5.82. The zero-order chi connectivity index (χ0) is 16.3. The molecule has 3 N–H and O–H groups in total. The summed E-state index contributed by atoms with van der Waals surface area (Å²) in [6, 6.07) is 0. The van der Waals surface area contributed by atoms with Crippen LogP contribution in [0, 0.1) is 11.3 Å². The van der Waals surface area contributed by atoms with E-state index >= 15 is 0 Å². The molecule has 0 saturated heterocycles. The summed E-state index contributed by atoms with van der Waals surface area (Å²) in [7, 11) is 0. The van der Waals surface area contributed by atoms with E-state index in [2.05, 4.69) is 13.2 Å². The average molecular weight is 298 g/mol. The van der Waals surface area contributed by atoms with Gasteiger partial charge in [-0.3, -0.25) is 0 Å². The molecule has 0 bridgehead atoms. The van der Waals surface area contributed by atoms with Gasteiger partial charge in [0.25, 0.3) is 0 Å². The Balaban J connectivity index is 4.67. The first-order chi connectivity index (χ1) is 9.98. The maximum Gasteiger partial charge on any atom is 0.330 e. The number of esters is 1. The quantitative estimate of drug-likeness (QED) is 0.303. The standard InChI is InChI=1S/C16H26O5/c1-4-6-14(7-5-2)13(3)8-15(20)21-12-16(9-17,10-18)11-19/h4-5,8,14,17-19H,1-2,6-7,9-12H2,3H3. The van der Waals surface area contributed by atoms with E-state index in [9.17, 15) is 4.79 Å². The molecule has 0 aromatic heterocycles. The number of carbonyl (C=O) groups excluding carboxylic acids is 1. The van der Waals surface area contributed by atoms with Crippen molar-refractivity contribution < 1.29 is 24.9 Å². The molecular formula is C16H26O5. The average Bonchev–Trinajstić information content (AvgIpc) is 2.49. The van der Waals surface area contributed by atoms with Crippen molar-refractivity contribution in [1.82, 2.24) is 0 Å². The lowest BCUT2D eigenvalue weighted by Crippen LogP contribution is -2.39. The van der Waals surface area contributed by atoms with Gasteiger partial charge in [0.1, 0.15) is 6.61 Å². The van der Waals surface area contributed by atoms with Gasteiger partial charge in [-0.25, -0.2) is 4.79 Å². The van der Waals surface area contributed by atoms with E-state index in [0.717, 1.165) is 18.4 Å². The monoisotopic (exact) mass is 298 g/mol. The van der Waals surface area contributed by atoms with E-state index in [4.69, 9.17) is 20.1 Å². The second kappa shape index (κ2) is 10.3. The van der Waals surface area contributed by atoms with Crippen LogP contribution in [0.25, 0.3) is 0 Å². The van der Waals surface area contributed by atoms with Gasteiger partial charge in [0.2, 0.25) is 0 Å². The Bertz CT molecular complexity index is 351. The second-order valence-electron chi connectivity index (χ2n) is 5.22. The summed E-state index contributed by atoms with van der Waals surface area (Å²) < 4.78 is 5.01. The Morgan fingerprint density at radius 1 is 1.14 bits per heavy atom. The molecule has 21 heavy (non-hydrogen) atoms. The van der Waals surface area contributed by atoms with Crippen LogP contribution in [0.5, 0.6) is 0 Å². The minimum absolute atomic E-state index is 0.144. The summed E-state index contributed by atoms with van der Waals surface area (Å²) in [4.78, 5) is 11.8.